The maximum Gasteiger partial charge on any atom is 0.317 e. The van der Waals surface area contributed by atoms with Crippen molar-refractivity contribution in [1.82, 2.24) is 15.1 Å². The van der Waals surface area contributed by atoms with E-state index in [9.17, 15) is 14.4 Å². The van der Waals surface area contributed by atoms with Crippen LogP contribution in [-0.4, -0.2) is 53.8 Å². The first-order valence-corrected chi connectivity index (χ1v) is 8.69. The van der Waals surface area contributed by atoms with Crippen LogP contribution in [0.3, 0.4) is 0 Å². The molecular formula is C18H26N4O3. The van der Waals surface area contributed by atoms with Crippen molar-refractivity contribution in [2.75, 3.05) is 26.2 Å². The summed E-state index contributed by atoms with van der Waals surface area (Å²) in [5.41, 5.74) is 6.16. The SMILES string of the molecule is NC(=O)CCN(Cc1ccccc1)C(=O)NCCC(=O)N1CCCC1. The molecule has 7 nitrogen and oxygen atoms in total. The van der Waals surface area contributed by atoms with Crippen LogP contribution in [0.5, 0.6) is 0 Å². The minimum atomic E-state index is -0.449. The summed E-state index contributed by atoms with van der Waals surface area (Å²) in [6.07, 6.45) is 2.50. The summed E-state index contributed by atoms with van der Waals surface area (Å²) < 4.78 is 0. The molecule has 2 rings (SSSR count). The fourth-order valence-electron chi connectivity index (χ4n) is 2.81. The highest BCUT2D eigenvalue weighted by Crippen LogP contribution is 2.09. The van der Waals surface area contributed by atoms with Gasteiger partial charge in [-0.2, -0.15) is 0 Å². The average Bonchev–Trinajstić information content (AvgIpc) is 3.13. The lowest BCUT2D eigenvalue weighted by Gasteiger charge is -2.23. The summed E-state index contributed by atoms with van der Waals surface area (Å²) in [7, 11) is 0. The van der Waals surface area contributed by atoms with Crippen LogP contribution in [0.1, 0.15) is 31.2 Å². The fraction of sp³-hybridized carbons (Fsp3) is 0.500. The van der Waals surface area contributed by atoms with Crippen molar-refractivity contribution < 1.29 is 14.4 Å². The van der Waals surface area contributed by atoms with Crippen LogP contribution < -0.4 is 11.1 Å². The van der Waals surface area contributed by atoms with Crippen LogP contribution in [0.25, 0.3) is 0 Å². The van der Waals surface area contributed by atoms with Gasteiger partial charge in [0.25, 0.3) is 0 Å². The molecule has 1 aromatic carbocycles. The Morgan fingerprint density at radius 2 is 1.76 bits per heavy atom. The summed E-state index contributed by atoms with van der Waals surface area (Å²) in [6.45, 7) is 2.54. The van der Waals surface area contributed by atoms with Gasteiger partial charge in [0.15, 0.2) is 0 Å². The molecule has 0 saturated carbocycles. The normalized spacial score (nSPS) is 13.5. The number of nitrogens with two attached hydrogens (primary N) is 1. The zero-order valence-electron chi connectivity index (χ0n) is 14.4. The van der Waals surface area contributed by atoms with Gasteiger partial charge in [0, 0.05) is 45.6 Å². The molecule has 7 heteroatoms. The second kappa shape index (κ2) is 9.66. The van der Waals surface area contributed by atoms with E-state index in [0.29, 0.717) is 13.0 Å². The number of nitrogens with one attached hydrogen (secondary N) is 1. The zero-order chi connectivity index (χ0) is 18.1. The molecule has 0 atom stereocenters. The Kier molecular flexibility index (Phi) is 7.25. The van der Waals surface area contributed by atoms with Crippen molar-refractivity contribution in [3.05, 3.63) is 35.9 Å². The van der Waals surface area contributed by atoms with Gasteiger partial charge in [0.2, 0.25) is 11.8 Å². The van der Waals surface area contributed by atoms with Crippen molar-refractivity contribution in [2.45, 2.75) is 32.2 Å². The molecule has 136 valence electrons. The second-order valence-corrected chi connectivity index (χ2v) is 6.19. The fourth-order valence-corrected chi connectivity index (χ4v) is 2.81. The Morgan fingerprint density at radius 1 is 1.08 bits per heavy atom. The predicted molar refractivity (Wildman–Crippen MR) is 94.5 cm³/mol. The summed E-state index contributed by atoms with van der Waals surface area (Å²) in [5.74, 6) is -0.375. The van der Waals surface area contributed by atoms with Gasteiger partial charge < -0.3 is 20.9 Å². The molecule has 0 radical (unpaired) electrons. The quantitative estimate of drug-likeness (QED) is 0.737. The third kappa shape index (κ3) is 6.45. The number of likely N-dealkylation sites (tertiary alicyclic amines) is 1. The molecule has 0 spiro atoms. The minimum absolute atomic E-state index is 0.0737. The topological polar surface area (TPSA) is 95.7 Å². The third-order valence-electron chi connectivity index (χ3n) is 4.21. The highest BCUT2D eigenvalue weighted by molar-refractivity contribution is 5.79. The first kappa shape index (κ1) is 18.8. The largest absolute Gasteiger partial charge is 0.370 e. The highest BCUT2D eigenvalue weighted by Gasteiger charge is 2.19. The number of amides is 4. The van der Waals surface area contributed by atoms with E-state index in [-0.39, 0.29) is 31.4 Å². The van der Waals surface area contributed by atoms with Crippen molar-refractivity contribution >= 4 is 17.8 Å². The summed E-state index contributed by atoms with van der Waals surface area (Å²) in [6, 6.07) is 9.24. The lowest BCUT2D eigenvalue weighted by Crippen LogP contribution is -2.42. The van der Waals surface area contributed by atoms with Gasteiger partial charge in [-0.3, -0.25) is 9.59 Å². The number of carbonyl (C=O) groups is 3. The molecule has 0 bridgehead atoms. The highest BCUT2D eigenvalue weighted by atomic mass is 16.2. The van der Waals surface area contributed by atoms with Crippen molar-refractivity contribution in [2.24, 2.45) is 5.73 Å². The van der Waals surface area contributed by atoms with E-state index in [4.69, 9.17) is 5.73 Å². The molecule has 1 saturated heterocycles. The molecule has 0 aliphatic carbocycles. The van der Waals surface area contributed by atoms with Gasteiger partial charge in [0.1, 0.15) is 0 Å². The van der Waals surface area contributed by atoms with E-state index in [1.54, 1.807) is 4.90 Å². The van der Waals surface area contributed by atoms with Crippen molar-refractivity contribution in [1.29, 1.82) is 0 Å². The standard InChI is InChI=1S/C18H26N4O3/c19-16(23)9-13-22(14-15-6-2-1-3-7-15)18(25)20-10-8-17(24)21-11-4-5-12-21/h1-3,6-7H,4-5,8-14H2,(H2,19,23)(H,20,25). The second-order valence-electron chi connectivity index (χ2n) is 6.19. The van der Waals surface area contributed by atoms with Gasteiger partial charge in [-0.05, 0) is 18.4 Å². The maximum absolute atomic E-state index is 12.4. The Morgan fingerprint density at radius 3 is 2.40 bits per heavy atom. The Balaban J connectivity index is 1.83. The van der Waals surface area contributed by atoms with Crippen LogP contribution in [0.15, 0.2) is 30.3 Å². The number of rotatable bonds is 8. The van der Waals surface area contributed by atoms with E-state index in [2.05, 4.69) is 5.32 Å². The number of benzene rings is 1. The van der Waals surface area contributed by atoms with E-state index >= 15 is 0 Å². The first-order chi connectivity index (χ1) is 12.1. The third-order valence-corrected chi connectivity index (χ3v) is 4.21. The van der Waals surface area contributed by atoms with Crippen molar-refractivity contribution in [3.8, 4) is 0 Å². The van der Waals surface area contributed by atoms with E-state index in [1.165, 1.54) is 0 Å². The van der Waals surface area contributed by atoms with Crippen LogP contribution in [0.2, 0.25) is 0 Å². The lowest BCUT2D eigenvalue weighted by molar-refractivity contribution is -0.130. The molecule has 3 N–H and O–H groups in total. The monoisotopic (exact) mass is 346 g/mol. The molecule has 1 heterocycles. The smallest absolute Gasteiger partial charge is 0.317 e. The van der Waals surface area contributed by atoms with Crippen LogP contribution in [0, 0.1) is 0 Å². The van der Waals surface area contributed by atoms with Gasteiger partial charge in [-0.15, -0.1) is 0 Å². The van der Waals surface area contributed by atoms with Gasteiger partial charge in [0.05, 0.1) is 0 Å². The average molecular weight is 346 g/mol. The summed E-state index contributed by atoms with van der Waals surface area (Å²) >= 11 is 0. The van der Waals surface area contributed by atoms with Crippen molar-refractivity contribution in [3.63, 3.8) is 0 Å². The number of carbonyl (C=O) groups excluding carboxylic acids is 3. The van der Waals surface area contributed by atoms with Crippen LogP contribution >= 0.6 is 0 Å². The molecule has 1 aliphatic rings. The lowest BCUT2D eigenvalue weighted by atomic mass is 10.2. The molecular weight excluding hydrogens is 320 g/mol. The maximum atomic E-state index is 12.4. The van der Waals surface area contributed by atoms with Gasteiger partial charge in [-0.1, -0.05) is 30.3 Å². The van der Waals surface area contributed by atoms with Crippen LogP contribution in [0.4, 0.5) is 4.79 Å². The van der Waals surface area contributed by atoms with E-state index in [0.717, 1.165) is 31.5 Å². The summed E-state index contributed by atoms with van der Waals surface area (Å²) in [5, 5.41) is 2.77. The number of urea groups is 1. The predicted octanol–water partition coefficient (Wildman–Crippen LogP) is 1.09. The minimum Gasteiger partial charge on any atom is -0.370 e. The number of nitrogens with zero attached hydrogens (tertiary/aromatic N) is 2. The number of hydrogen-bond acceptors (Lipinski definition) is 3. The van der Waals surface area contributed by atoms with Crippen LogP contribution in [-0.2, 0) is 16.1 Å². The van der Waals surface area contributed by atoms with E-state index < -0.39 is 5.91 Å². The molecule has 1 aliphatic heterocycles. The van der Waals surface area contributed by atoms with Gasteiger partial charge >= 0.3 is 6.03 Å². The molecule has 0 unspecified atom stereocenters. The number of primary amides is 1. The number of hydrogen-bond donors (Lipinski definition) is 2. The molecule has 25 heavy (non-hydrogen) atoms. The Hall–Kier alpha value is -2.57. The molecule has 1 aromatic rings. The molecule has 1 fully saturated rings. The Labute approximate surface area is 148 Å². The Bertz CT molecular complexity index is 585. The first-order valence-electron chi connectivity index (χ1n) is 8.69. The summed E-state index contributed by atoms with van der Waals surface area (Å²) in [4.78, 5) is 38.8. The zero-order valence-corrected chi connectivity index (χ0v) is 14.4. The molecule has 4 amide bonds. The molecule has 0 aromatic heterocycles. The van der Waals surface area contributed by atoms with Gasteiger partial charge in [-0.25, -0.2) is 4.79 Å². The van der Waals surface area contributed by atoms with E-state index in [1.807, 2.05) is 35.2 Å².